The van der Waals surface area contributed by atoms with Crippen molar-refractivity contribution in [3.8, 4) is 0 Å². The number of hydrogen-bond donors (Lipinski definition) is 2. The summed E-state index contributed by atoms with van der Waals surface area (Å²) in [6.07, 6.45) is 0.578. The van der Waals surface area contributed by atoms with Gasteiger partial charge in [-0.05, 0) is 6.42 Å². The fourth-order valence-electron chi connectivity index (χ4n) is 0.457. The fraction of sp³-hybridized carbons (Fsp3) is 1.00. The zero-order valence-electron chi connectivity index (χ0n) is 6.15. The van der Waals surface area contributed by atoms with E-state index in [1.165, 1.54) is 0 Å². The quantitative estimate of drug-likeness (QED) is 0.380. The van der Waals surface area contributed by atoms with E-state index in [4.69, 9.17) is 14.6 Å². The van der Waals surface area contributed by atoms with Gasteiger partial charge >= 0.3 is 9.17 Å². The summed E-state index contributed by atoms with van der Waals surface area (Å²) in [5, 5.41) is 8.31. The maximum Gasteiger partial charge on any atom is 0.764 e. The maximum absolute atomic E-state index is 9.96. The molecule has 5 nitrogen and oxygen atoms in total. The second-order valence-electron chi connectivity index (χ2n) is 1.80. The minimum atomic E-state index is -2.81. The molecule has 11 heavy (non-hydrogen) atoms. The first-order chi connectivity index (χ1) is 5.27. The number of ether oxygens (including phenoxy) is 1. The van der Waals surface area contributed by atoms with Crippen molar-refractivity contribution in [2.24, 2.45) is 0 Å². The van der Waals surface area contributed by atoms with Gasteiger partial charge in [0.05, 0.1) is 13.2 Å². The Balaban J connectivity index is 2.85. The van der Waals surface area contributed by atoms with Gasteiger partial charge in [-0.3, -0.25) is 4.46 Å². The van der Waals surface area contributed by atoms with Crippen LogP contribution in [0.2, 0.25) is 0 Å². The normalized spacial score (nSPS) is 9.55. The molecule has 0 aromatic heterocycles. The van der Waals surface area contributed by atoms with Gasteiger partial charge in [-0.25, -0.2) is 0 Å². The highest BCUT2D eigenvalue weighted by atomic mass is 28.3. The lowest BCUT2D eigenvalue weighted by atomic mass is 10.5. The average Bonchev–Trinajstić information content (AvgIpc) is 1.96. The fourth-order valence-corrected chi connectivity index (χ4v) is 0.715. The van der Waals surface area contributed by atoms with Crippen LogP contribution in [0, 0.1) is 0 Å². The number of aliphatic hydroxyl groups is 1. The first kappa shape index (κ1) is 10.5. The monoisotopic (exact) mass is 180 g/mol. The first-order valence-electron chi connectivity index (χ1n) is 3.31. The van der Waals surface area contributed by atoms with E-state index in [9.17, 15) is 4.46 Å². The van der Waals surface area contributed by atoms with Gasteiger partial charge < -0.3 is 19.1 Å². The predicted octanol–water partition coefficient (Wildman–Crippen LogP) is -1.19. The van der Waals surface area contributed by atoms with Crippen molar-refractivity contribution < 1.29 is 23.5 Å². The van der Waals surface area contributed by atoms with Gasteiger partial charge in [0.1, 0.15) is 0 Å². The topological polar surface area (TPSA) is 76.0 Å². The smallest absolute Gasteiger partial charge is 0.511 e. The molecule has 2 N–H and O–H groups in total. The van der Waals surface area contributed by atoms with Crippen LogP contribution in [0.3, 0.4) is 0 Å². The molecule has 0 amide bonds. The largest absolute Gasteiger partial charge is 0.764 e. The maximum atomic E-state index is 9.96. The van der Waals surface area contributed by atoms with E-state index < -0.39 is 9.17 Å². The van der Waals surface area contributed by atoms with E-state index in [0.717, 1.165) is 0 Å². The van der Waals surface area contributed by atoms with Gasteiger partial charge in [-0.1, -0.05) is 0 Å². The van der Waals surface area contributed by atoms with Gasteiger partial charge in [0.2, 0.25) is 0 Å². The van der Waals surface area contributed by atoms with Gasteiger partial charge in [-0.2, -0.15) is 0 Å². The Kier molecular flexibility index (Phi) is 7.32. The molecule has 0 saturated carbocycles. The van der Waals surface area contributed by atoms with E-state index in [2.05, 4.69) is 4.43 Å². The Morgan fingerprint density at radius 3 is 2.55 bits per heavy atom. The third kappa shape index (κ3) is 9.54. The summed E-state index contributed by atoms with van der Waals surface area (Å²) in [5.41, 5.74) is 0. The molecule has 0 aliphatic heterocycles. The summed E-state index contributed by atoms with van der Waals surface area (Å²) in [6, 6.07) is 0. The lowest BCUT2D eigenvalue weighted by Gasteiger charge is -2.01. The SMILES string of the molecule is O=[Si](O)OCCOCCCO. The van der Waals surface area contributed by atoms with Crippen LogP contribution in [0.15, 0.2) is 0 Å². The Morgan fingerprint density at radius 2 is 2.00 bits per heavy atom. The van der Waals surface area contributed by atoms with E-state index in [-0.39, 0.29) is 19.8 Å². The second kappa shape index (κ2) is 7.64. The Hall–Kier alpha value is -0.463. The number of aliphatic hydroxyl groups excluding tert-OH is 1. The molecule has 0 spiro atoms. The molecule has 0 aromatic carbocycles. The molecular weight excluding hydrogens is 168 g/mol. The summed E-state index contributed by atoms with van der Waals surface area (Å²) < 4.78 is 19.2. The molecule has 0 aromatic rings. The second-order valence-corrected chi connectivity index (χ2v) is 2.62. The lowest BCUT2D eigenvalue weighted by molar-refractivity contribution is 0.0784. The minimum absolute atomic E-state index is 0.0947. The summed E-state index contributed by atoms with van der Waals surface area (Å²) >= 11 is 0. The highest BCUT2D eigenvalue weighted by molar-refractivity contribution is 6.24. The average molecular weight is 180 g/mol. The molecule has 0 rings (SSSR count). The van der Waals surface area contributed by atoms with Crippen LogP contribution in [-0.2, 0) is 13.6 Å². The van der Waals surface area contributed by atoms with Crippen LogP contribution < -0.4 is 0 Å². The zero-order chi connectivity index (χ0) is 8.53. The zero-order valence-corrected chi connectivity index (χ0v) is 7.15. The Morgan fingerprint density at radius 1 is 1.27 bits per heavy atom. The third-order valence-electron chi connectivity index (χ3n) is 0.900. The molecular formula is C5H12O5Si. The third-order valence-corrected chi connectivity index (χ3v) is 1.35. The van der Waals surface area contributed by atoms with Gasteiger partial charge in [-0.15, -0.1) is 0 Å². The predicted molar refractivity (Wildman–Crippen MR) is 37.1 cm³/mol. The van der Waals surface area contributed by atoms with Crippen molar-refractivity contribution in [3.63, 3.8) is 0 Å². The lowest BCUT2D eigenvalue weighted by Crippen LogP contribution is -2.12. The van der Waals surface area contributed by atoms with E-state index in [1.807, 2.05) is 0 Å². The van der Waals surface area contributed by atoms with E-state index >= 15 is 0 Å². The highest BCUT2D eigenvalue weighted by Crippen LogP contribution is 1.81. The molecule has 0 aliphatic rings. The molecule has 0 unspecified atom stereocenters. The summed E-state index contributed by atoms with van der Waals surface area (Å²) in [7, 11) is -2.81. The van der Waals surface area contributed by atoms with Crippen LogP contribution >= 0.6 is 0 Å². The Bertz CT molecular complexity index is 107. The van der Waals surface area contributed by atoms with Crippen molar-refractivity contribution >= 4 is 9.17 Å². The molecule has 66 valence electrons. The molecule has 0 saturated heterocycles. The number of hydrogen-bond acceptors (Lipinski definition) is 4. The standard InChI is InChI=1S/C5H12O5Si/c6-2-1-3-9-4-5-10-11(7)8/h6-7H,1-5H2. The molecule has 6 heteroatoms. The Labute approximate surface area is 66.5 Å². The van der Waals surface area contributed by atoms with Gasteiger partial charge in [0, 0.05) is 13.2 Å². The summed E-state index contributed by atoms with van der Waals surface area (Å²) in [4.78, 5) is 8.18. The molecule has 0 aliphatic carbocycles. The van der Waals surface area contributed by atoms with Crippen molar-refractivity contribution in [3.05, 3.63) is 0 Å². The van der Waals surface area contributed by atoms with E-state index in [1.54, 1.807) is 0 Å². The van der Waals surface area contributed by atoms with Crippen molar-refractivity contribution in [2.75, 3.05) is 26.4 Å². The van der Waals surface area contributed by atoms with Crippen LogP contribution in [0.1, 0.15) is 6.42 Å². The van der Waals surface area contributed by atoms with Gasteiger partial charge in [0.15, 0.2) is 0 Å². The van der Waals surface area contributed by atoms with Crippen LogP contribution in [0.4, 0.5) is 0 Å². The molecule has 0 heterocycles. The van der Waals surface area contributed by atoms with Crippen molar-refractivity contribution in [1.29, 1.82) is 0 Å². The minimum Gasteiger partial charge on any atom is -0.511 e. The summed E-state index contributed by atoms with van der Waals surface area (Å²) in [5.74, 6) is 0. The van der Waals surface area contributed by atoms with Crippen LogP contribution in [0.25, 0.3) is 0 Å². The highest BCUT2D eigenvalue weighted by Gasteiger charge is 2.01. The summed E-state index contributed by atoms with van der Waals surface area (Å²) in [6.45, 7) is 0.959. The van der Waals surface area contributed by atoms with Crippen LogP contribution in [0.5, 0.6) is 0 Å². The van der Waals surface area contributed by atoms with E-state index in [0.29, 0.717) is 13.0 Å². The van der Waals surface area contributed by atoms with Gasteiger partial charge in [0.25, 0.3) is 0 Å². The van der Waals surface area contributed by atoms with Crippen molar-refractivity contribution in [2.45, 2.75) is 6.42 Å². The molecule has 0 fully saturated rings. The molecule has 0 atom stereocenters. The molecule has 0 radical (unpaired) electrons. The van der Waals surface area contributed by atoms with Crippen LogP contribution in [-0.4, -0.2) is 45.5 Å². The first-order valence-corrected chi connectivity index (χ1v) is 4.58. The van der Waals surface area contributed by atoms with Crippen molar-refractivity contribution in [1.82, 2.24) is 0 Å². The molecule has 0 bridgehead atoms. The number of rotatable bonds is 7.